The molecule has 0 saturated carbocycles. The number of benzene rings is 3. The minimum absolute atomic E-state index is 0.641. The molecule has 0 aliphatic carbocycles. The highest BCUT2D eigenvalue weighted by Crippen LogP contribution is 2.21. The second-order valence-corrected chi connectivity index (χ2v) is 6.26. The van der Waals surface area contributed by atoms with Crippen molar-refractivity contribution in [1.82, 2.24) is 0 Å². The van der Waals surface area contributed by atoms with Gasteiger partial charge in [-0.15, -0.1) is 0 Å². The summed E-state index contributed by atoms with van der Waals surface area (Å²) in [6, 6.07) is 19.7. The molecule has 3 aromatic carbocycles. The maximum absolute atomic E-state index is 13.4. The first-order valence-electron chi connectivity index (χ1n) is 8.93. The molecule has 0 aliphatic rings. The van der Waals surface area contributed by atoms with Crippen LogP contribution in [-0.4, -0.2) is 0 Å². The molecule has 0 aromatic heterocycles. The summed E-state index contributed by atoms with van der Waals surface area (Å²) < 4.78 is 26.4. The van der Waals surface area contributed by atoms with Gasteiger partial charge in [0, 0.05) is 11.1 Å². The van der Waals surface area contributed by atoms with Crippen LogP contribution in [0, 0.1) is 23.5 Å². The lowest BCUT2D eigenvalue weighted by Crippen LogP contribution is -1.86. The Bertz CT molecular complexity index is 985. The van der Waals surface area contributed by atoms with E-state index in [0.717, 1.165) is 35.6 Å². The zero-order valence-corrected chi connectivity index (χ0v) is 15.2. The average Bonchev–Trinajstić information content (AvgIpc) is 2.70. The lowest BCUT2D eigenvalue weighted by Gasteiger charge is -2.02. The van der Waals surface area contributed by atoms with Crippen molar-refractivity contribution < 1.29 is 8.78 Å². The van der Waals surface area contributed by atoms with Crippen molar-refractivity contribution in [2.75, 3.05) is 0 Å². The Kier molecular flexibility index (Phi) is 6.18. The molecule has 0 aliphatic heterocycles. The van der Waals surface area contributed by atoms with E-state index < -0.39 is 11.6 Å². The average molecular weight is 358 g/mol. The SMILES string of the molecule is C/C=C/CCc1ccc(C#Cc2ccc(-c3ccc(F)c(F)c3)cc2)cc1. The Balaban J connectivity index is 1.69. The van der Waals surface area contributed by atoms with Gasteiger partial charge < -0.3 is 0 Å². The van der Waals surface area contributed by atoms with E-state index in [0.29, 0.717) is 5.56 Å². The number of rotatable bonds is 4. The summed E-state index contributed by atoms with van der Waals surface area (Å²) in [5.41, 5.74) is 4.61. The van der Waals surface area contributed by atoms with Crippen LogP contribution in [0.1, 0.15) is 30.0 Å². The third-order valence-corrected chi connectivity index (χ3v) is 4.28. The van der Waals surface area contributed by atoms with Crippen molar-refractivity contribution in [3.63, 3.8) is 0 Å². The minimum atomic E-state index is -0.842. The van der Waals surface area contributed by atoms with Crippen LogP contribution in [0.3, 0.4) is 0 Å². The standard InChI is InChI=1S/C25H20F2/c1-2-3-4-5-19-6-8-20(9-7-19)10-11-21-12-14-22(15-13-21)23-16-17-24(26)25(27)18-23/h2-3,6-9,12-18H,4-5H2,1H3/b3-2+. The Morgan fingerprint density at radius 3 is 1.93 bits per heavy atom. The minimum Gasteiger partial charge on any atom is -0.204 e. The van der Waals surface area contributed by atoms with Gasteiger partial charge in [-0.05, 0) is 72.9 Å². The molecule has 0 heterocycles. The molecule has 0 saturated heterocycles. The van der Waals surface area contributed by atoms with Gasteiger partial charge in [0.2, 0.25) is 0 Å². The highest BCUT2D eigenvalue weighted by atomic mass is 19.2. The van der Waals surface area contributed by atoms with E-state index >= 15 is 0 Å². The van der Waals surface area contributed by atoms with Crippen LogP contribution in [0.25, 0.3) is 11.1 Å². The summed E-state index contributed by atoms with van der Waals surface area (Å²) in [7, 11) is 0. The second-order valence-electron chi connectivity index (χ2n) is 6.26. The van der Waals surface area contributed by atoms with Gasteiger partial charge in [-0.1, -0.05) is 54.3 Å². The summed E-state index contributed by atoms with van der Waals surface area (Å²) in [4.78, 5) is 0. The quantitative estimate of drug-likeness (QED) is 0.367. The Morgan fingerprint density at radius 1 is 0.741 bits per heavy atom. The van der Waals surface area contributed by atoms with Crippen molar-refractivity contribution in [3.8, 4) is 23.0 Å². The number of hydrogen-bond donors (Lipinski definition) is 0. The third kappa shape index (κ3) is 5.15. The van der Waals surface area contributed by atoms with Gasteiger partial charge in [-0.2, -0.15) is 0 Å². The van der Waals surface area contributed by atoms with E-state index in [4.69, 9.17) is 0 Å². The summed E-state index contributed by atoms with van der Waals surface area (Å²) in [6.45, 7) is 2.03. The monoisotopic (exact) mass is 358 g/mol. The Labute approximate surface area is 159 Å². The summed E-state index contributed by atoms with van der Waals surface area (Å²) in [5.74, 6) is 4.61. The van der Waals surface area contributed by atoms with Gasteiger partial charge >= 0.3 is 0 Å². The van der Waals surface area contributed by atoms with Crippen LogP contribution in [-0.2, 0) is 6.42 Å². The topological polar surface area (TPSA) is 0 Å². The van der Waals surface area contributed by atoms with Gasteiger partial charge in [0.1, 0.15) is 0 Å². The lowest BCUT2D eigenvalue weighted by atomic mass is 10.0. The van der Waals surface area contributed by atoms with Crippen LogP contribution in [0.5, 0.6) is 0 Å². The van der Waals surface area contributed by atoms with Gasteiger partial charge in [-0.25, -0.2) is 8.78 Å². The number of aryl methyl sites for hydroxylation is 1. The van der Waals surface area contributed by atoms with Crippen molar-refractivity contribution >= 4 is 0 Å². The van der Waals surface area contributed by atoms with E-state index in [2.05, 4.69) is 36.1 Å². The molecular weight excluding hydrogens is 338 g/mol. The van der Waals surface area contributed by atoms with Gasteiger partial charge in [0.15, 0.2) is 11.6 Å². The van der Waals surface area contributed by atoms with Crippen molar-refractivity contribution in [2.45, 2.75) is 19.8 Å². The van der Waals surface area contributed by atoms with Crippen molar-refractivity contribution in [3.05, 3.63) is 107 Å². The van der Waals surface area contributed by atoms with E-state index in [1.165, 1.54) is 11.6 Å². The van der Waals surface area contributed by atoms with Crippen LogP contribution in [0.4, 0.5) is 8.78 Å². The number of hydrogen-bond acceptors (Lipinski definition) is 0. The Hall–Kier alpha value is -3.18. The van der Waals surface area contributed by atoms with Crippen LogP contribution < -0.4 is 0 Å². The fourth-order valence-electron chi connectivity index (χ4n) is 2.74. The fourth-order valence-corrected chi connectivity index (χ4v) is 2.74. The second kappa shape index (κ2) is 8.96. The van der Waals surface area contributed by atoms with Crippen LogP contribution >= 0.6 is 0 Å². The van der Waals surface area contributed by atoms with Gasteiger partial charge in [0.25, 0.3) is 0 Å². The first kappa shape index (κ1) is 18.6. The summed E-state index contributed by atoms with van der Waals surface area (Å²) in [5, 5.41) is 0. The molecule has 0 spiro atoms. The van der Waals surface area contributed by atoms with E-state index in [1.807, 2.05) is 43.3 Å². The molecule has 0 nitrogen and oxygen atoms in total. The van der Waals surface area contributed by atoms with E-state index in [-0.39, 0.29) is 0 Å². The van der Waals surface area contributed by atoms with E-state index in [1.54, 1.807) is 6.07 Å². The molecule has 0 radical (unpaired) electrons. The third-order valence-electron chi connectivity index (χ3n) is 4.28. The van der Waals surface area contributed by atoms with Gasteiger partial charge in [0.05, 0.1) is 0 Å². The predicted octanol–water partition coefficient (Wildman–Crippen LogP) is 6.54. The first-order valence-corrected chi connectivity index (χ1v) is 8.93. The molecule has 0 bridgehead atoms. The Morgan fingerprint density at radius 2 is 1.33 bits per heavy atom. The molecule has 0 N–H and O–H groups in total. The van der Waals surface area contributed by atoms with Crippen molar-refractivity contribution in [1.29, 1.82) is 0 Å². The molecule has 0 unspecified atom stereocenters. The molecule has 0 fully saturated rings. The highest BCUT2D eigenvalue weighted by Gasteiger charge is 2.04. The van der Waals surface area contributed by atoms with Gasteiger partial charge in [-0.3, -0.25) is 0 Å². The maximum Gasteiger partial charge on any atom is 0.159 e. The zero-order chi connectivity index (χ0) is 19.1. The first-order chi connectivity index (χ1) is 13.2. The number of allylic oxidation sites excluding steroid dienone is 2. The normalized spacial score (nSPS) is 10.6. The maximum atomic E-state index is 13.4. The molecular formula is C25H20F2. The van der Waals surface area contributed by atoms with Crippen molar-refractivity contribution in [2.24, 2.45) is 0 Å². The molecule has 3 rings (SSSR count). The predicted molar refractivity (Wildman–Crippen MR) is 107 cm³/mol. The molecule has 3 aromatic rings. The fraction of sp³-hybridized carbons (Fsp3) is 0.120. The largest absolute Gasteiger partial charge is 0.204 e. The molecule has 2 heteroatoms. The smallest absolute Gasteiger partial charge is 0.159 e. The highest BCUT2D eigenvalue weighted by molar-refractivity contribution is 5.64. The molecule has 0 amide bonds. The zero-order valence-electron chi connectivity index (χ0n) is 15.2. The molecule has 134 valence electrons. The van der Waals surface area contributed by atoms with E-state index in [9.17, 15) is 8.78 Å². The summed E-state index contributed by atoms with van der Waals surface area (Å²) >= 11 is 0. The summed E-state index contributed by atoms with van der Waals surface area (Å²) in [6.07, 6.45) is 6.31. The van der Waals surface area contributed by atoms with Crippen LogP contribution in [0.15, 0.2) is 78.9 Å². The molecule has 27 heavy (non-hydrogen) atoms. The lowest BCUT2D eigenvalue weighted by molar-refractivity contribution is 0.509. The molecule has 0 atom stereocenters. The number of halogens is 2. The van der Waals surface area contributed by atoms with Crippen LogP contribution in [0.2, 0.25) is 0 Å².